The lowest BCUT2D eigenvalue weighted by Gasteiger charge is -2.25. The van der Waals surface area contributed by atoms with Gasteiger partial charge in [-0.05, 0) is 37.5 Å². The molecule has 0 saturated heterocycles. The number of hydrogen-bond donors (Lipinski definition) is 1. The molecule has 5 nitrogen and oxygen atoms in total. The molecule has 7 heteroatoms. The molecule has 1 aromatic carbocycles. The molecule has 0 saturated carbocycles. The molecule has 0 aliphatic heterocycles. The fourth-order valence-electron chi connectivity index (χ4n) is 2.36. The molecule has 0 aromatic heterocycles. The van der Waals surface area contributed by atoms with Crippen LogP contribution in [-0.4, -0.2) is 33.7 Å². The van der Waals surface area contributed by atoms with E-state index in [0.717, 1.165) is 30.2 Å². The molecule has 0 bridgehead atoms. The SMILES string of the molecule is CCCCNC(=O)CCN(c1c(C)cc(C)cc1Cl)S(C)(=O)=O. The Morgan fingerprint density at radius 2 is 1.96 bits per heavy atom. The molecule has 0 atom stereocenters. The first kappa shape index (κ1) is 19.8. The summed E-state index contributed by atoms with van der Waals surface area (Å²) in [6, 6.07) is 3.60. The second-order valence-corrected chi connectivity index (χ2v) is 8.01. The molecule has 0 heterocycles. The maximum atomic E-state index is 12.1. The molecule has 1 N–H and O–H groups in total. The predicted octanol–water partition coefficient (Wildman–Crippen LogP) is 3.03. The summed E-state index contributed by atoms with van der Waals surface area (Å²) in [5.74, 6) is -0.159. The van der Waals surface area contributed by atoms with E-state index in [4.69, 9.17) is 11.6 Å². The summed E-state index contributed by atoms with van der Waals surface area (Å²) < 4.78 is 25.5. The van der Waals surface area contributed by atoms with Gasteiger partial charge in [0.2, 0.25) is 15.9 Å². The largest absolute Gasteiger partial charge is 0.356 e. The molecule has 0 unspecified atom stereocenters. The van der Waals surface area contributed by atoms with Crippen molar-refractivity contribution in [2.24, 2.45) is 0 Å². The number of aryl methyl sites for hydroxylation is 2. The van der Waals surface area contributed by atoms with Crippen LogP contribution in [0.5, 0.6) is 0 Å². The maximum absolute atomic E-state index is 12.1. The minimum absolute atomic E-state index is 0.0699. The monoisotopic (exact) mass is 360 g/mol. The van der Waals surface area contributed by atoms with Crippen molar-refractivity contribution in [3.8, 4) is 0 Å². The first-order valence-electron chi connectivity index (χ1n) is 7.68. The highest BCUT2D eigenvalue weighted by Gasteiger charge is 2.23. The average molecular weight is 361 g/mol. The van der Waals surface area contributed by atoms with Crippen LogP contribution >= 0.6 is 11.6 Å². The molecule has 23 heavy (non-hydrogen) atoms. The molecule has 0 aliphatic carbocycles. The van der Waals surface area contributed by atoms with Gasteiger partial charge in [0, 0.05) is 19.5 Å². The van der Waals surface area contributed by atoms with Crippen molar-refractivity contribution < 1.29 is 13.2 Å². The number of sulfonamides is 1. The third-order valence-electron chi connectivity index (χ3n) is 3.44. The molecular formula is C16H25ClN2O3S. The fourth-order valence-corrected chi connectivity index (χ4v) is 3.83. The van der Waals surface area contributed by atoms with E-state index in [-0.39, 0.29) is 18.9 Å². The summed E-state index contributed by atoms with van der Waals surface area (Å²) in [4.78, 5) is 11.8. The Morgan fingerprint density at radius 3 is 2.48 bits per heavy atom. The van der Waals surface area contributed by atoms with Gasteiger partial charge in [-0.2, -0.15) is 0 Å². The number of rotatable bonds is 8. The van der Waals surface area contributed by atoms with Gasteiger partial charge in [0.15, 0.2) is 0 Å². The normalized spacial score (nSPS) is 11.3. The number of amides is 1. The maximum Gasteiger partial charge on any atom is 0.232 e. The van der Waals surface area contributed by atoms with E-state index in [1.54, 1.807) is 6.07 Å². The first-order chi connectivity index (χ1) is 10.7. The average Bonchev–Trinajstić information content (AvgIpc) is 2.40. The van der Waals surface area contributed by atoms with Crippen molar-refractivity contribution in [2.75, 3.05) is 23.7 Å². The number of halogens is 1. The van der Waals surface area contributed by atoms with Crippen molar-refractivity contribution in [3.05, 3.63) is 28.3 Å². The van der Waals surface area contributed by atoms with Crippen molar-refractivity contribution in [2.45, 2.75) is 40.0 Å². The van der Waals surface area contributed by atoms with Gasteiger partial charge in [0.05, 0.1) is 17.0 Å². The quantitative estimate of drug-likeness (QED) is 0.724. The summed E-state index contributed by atoms with van der Waals surface area (Å²) in [5, 5.41) is 3.16. The highest BCUT2D eigenvalue weighted by Crippen LogP contribution is 2.32. The van der Waals surface area contributed by atoms with E-state index >= 15 is 0 Å². The number of carbonyl (C=O) groups excluding carboxylic acids is 1. The van der Waals surface area contributed by atoms with Crippen LogP contribution in [0.4, 0.5) is 5.69 Å². The highest BCUT2D eigenvalue weighted by atomic mass is 35.5. The van der Waals surface area contributed by atoms with Crippen LogP contribution < -0.4 is 9.62 Å². The van der Waals surface area contributed by atoms with E-state index < -0.39 is 10.0 Å². The Labute approximate surface area is 144 Å². The van der Waals surface area contributed by atoms with E-state index in [1.165, 1.54) is 4.31 Å². The van der Waals surface area contributed by atoms with Gasteiger partial charge < -0.3 is 5.32 Å². The van der Waals surface area contributed by atoms with Gasteiger partial charge in [0.1, 0.15) is 0 Å². The number of anilines is 1. The van der Waals surface area contributed by atoms with E-state index in [9.17, 15) is 13.2 Å². The number of hydrogen-bond acceptors (Lipinski definition) is 3. The molecule has 1 rings (SSSR count). The molecule has 0 spiro atoms. The van der Waals surface area contributed by atoms with Crippen molar-refractivity contribution in [1.82, 2.24) is 5.32 Å². The van der Waals surface area contributed by atoms with Crippen molar-refractivity contribution in [3.63, 3.8) is 0 Å². The second-order valence-electron chi connectivity index (χ2n) is 5.70. The zero-order valence-electron chi connectivity index (χ0n) is 14.1. The Kier molecular flexibility index (Phi) is 7.35. The Bertz CT molecular complexity index is 636. The van der Waals surface area contributed by atoms with Crippen LogP contribution in [-0.2, 0) is 14.8 Å². The third-order valence-corrected chi connectivity index (χ3v) is 4.90. The number of benzene rings is 1. The number of nitrogens with zero attached hydrogens (tertiary/aromatic N) is 1. The molecule has 0 radical (unpaired) electrons. The van der Waals surface area contributed by atoms with E-state index in [2.05, 4.69) is 5.32 Å². The standard InChI is InChI=1S/C16H25ClN2O3S/c1-5-6-8-18-15(20)7-9-19(23(4,21)22)16-13(3)10-12(2)11-14(16)17/h10-11H,5-9H2,1-4H3,(H,18,20). The first-order valence-corrected chi connectivity index (χ1v) is 9.90. The third kappa shape index (κ3) is 6.03. The molecule has 1 aromatic rings. The second kappa shape index (κ2) is 8.55. The van der Waals surface area contributed by atoms with Gasteiger partial charge in [-0.3, -0.25) is 9.10 Å². The summed E-state index contributed by atoms with van der Waals surface area (Å²) in [6.07, 6.45) is 3.12. The Balaban J connectivity index is 2.94. The molecule has 0 aliphatic rings. The minimum atomic E-state index is -3.53. The Hall–Kier alpha value is -1.27. The lowest BCUT2D eigenvalue weighted by Crippen LogP contribution is -2.35. The van der Waals surface area contributed by atoms with Gasteiger partial charge >= 0.3 is 0 Å². The van der Waals surface area contributed by atoms with E-state index in [1.807, 2.05) is 26.8 Å². The van der Waals surface area contributed by atoms with Gasteiger partial charge in [0.25, 0.3) is 0 Å². The fraction of sp³-hybridized carbons (Fsp3) is 0.562. The molecular weight excluding hydrogens is 336 g/mol. The highest BCUT2D eigenvalue weighted by molar-refractivity contribution is 7.92. The van der Waals surface area contributed by atoms with Crippen molar-refractivity contribution >= 4 is 33.2 Å². The van der Waals surface area contributed by atoms with Crippen LogP contribution in [0, 0.1) is 13.8 Å². The summed E-state index contributed by atoms with van der Waals surface area (Å²) >= 11 is 6.25. The zero-order valence-corrected chi connectivity index (χ0v) is 15.7. The summed E-state index contributed by atoms with van der Waals surface area (Å²) in [7, 11) is -3.53. The number of nitrogens with one attached hydrogen (secondary N) is 1. The number of unbranched alkanes of at least 4 members (excludes halogenated alkanes) is 1. The summed E-state index contributed by atoms with van der Waals surface area (Å²) in [6.45, 7) is 6.43. The Morgan fingerprint density at radius 1 is 1.30 bits per heavy atom. The van der Waals surface area contributed by atoms with Gasteiger partial charge in [-0.15, -0.1) is 0 Å². The topological polar surface area (TPSA) is 66.5 Å². The van der Waals surface area contributed by atoms with Crippen LogP contribution in [0.2, 0.25) is 5.02 Å². The van der Waals surface area contributed by atoms with Gasteiger partial charge in [-0.25, -0.2) is 8.42 Å². The lowest BCUT2D eigenvalue weighted by atomic mass is 10.1. The van der Waals surface area contributed by atoms with Gasteiger partial charge in [-0.1, -0.05) is 31.0 Å². The lowest BCUT2D eigenvalue weighted by molar-refractivity contribution is -0.120. The molecule has 1 amide bonds. The van der Waals surface area contributed by atoms with E-state index in [0.29, 0.717) is 17.3 Å². The van der Waals surface area contributed by atoms with Crippen LogP contribution in [0.15, 0.2) is 12.1 Å². The predicted molar refractivity (Wildman–Crippen MR) is 95.7 cm³/mol. The molecule has 0 fully saturated rings. The smallest absolute Gasteiger partial charge is 0.232 e. The van der Waals surface area contributed by atoms with Crippen LogP contribution in [0.3, 0.4) is 0 Å². The minimum Gasteiger partial charge on any atom is -0.356 e. The van der Waals surface area contributed by atoms with Crippen LogP contribution in [0.25, 0.3) is 0 Å². The zero-order chi connectivity index (χ0) is 17.6. The van der Waals surface area contributed by atoms with Crippen LogP contribution in [0.1, 0.15) is 37.3 Å². The summed E-state index contributed by atoms with van der Waals surface area (Å²) in [5.41, 5.74) is 2.18. The van der Waals surface area contributed by atoms with Crippen molar-refractivity contribution in [1.29, 1.82) is 0 Å². The number of carbonyl (C=O) groups is 1. The molecule has 130 valence electrons.